The lowest BCUT2D eigenvalue weighted by Crippen LogP contribution is -2.37. The van der Waals surface area contributed by atoms with Gasteiger partial charge in [-0.05, 0) is 11.5 Å². The van der Waals surface area contributed by atoms with Crippen LogP contribution in [0.25, 0.3) is 0 Å². The highest BCUT2D eigenvalue weighted by atomic mass is 16.6. The monoisotopic (exact) mass is 259 g/mol. The number of benzene rings is 1. The van der Waals surface area contributed by atoms with Crippen LogP contribution in [0.15, 0.2) is 30.3 Å². The third-order valence-electron chi connectivity index (χ3n) is 4.35. The highest BCUT2D eigenvalue weighted by molar-refractivity contribution is 5.72. The van der Waals surface area contributed by atoms with Gasteiger partial charge in [-0.1, -0.05) is 44.2 Å². The summed E-state index contributed by atoms with van der Waals surface area (Å²) in [4.78, 5) is 13.9. The Morgan fingerprint density at radius 2 is 2.05 bits per heavy atom. The van der Waals surface area contributed by atoms with Crippen LogP contribution in [0.2, 0.25) is 0 Å². The molecular weight excluding hydrogens is 238 g/mol. The quantitative estimate of drug-likeness (QED) is 0.781. The maximum absolute atomic E-state index is 11.4. The van der Waals surface area contributed by atoms with Gasteiger partial charge >= 0.3 is 5.97 Å². The summed E-state index contributed by atoms with van der Waals surface area (Å²) in [6.45, 7) is 6.32. The van der Waals surface area contributed by atoms with Crippen molar-refractivity contribution in [3.05, 3.63) is 35.9 Å². The zero-order valence-electron chi connectivity index (χ0n) is 11.6. The first-order valence-electron chi connectivity index (χ1n) is 7.12. The van der Waals surface area contributed by atoms with Gasteiger partial charge in [0.25, 0.3) is 0 Å². The lowest BCUT2D eigenvalue weighted by Gasteiger charge is -2.30. The van der Waals surface area contributed by atoms with Crippen molar-refractivity contribution in [1.29, 1.82) is 0 Å². The van der Waals surface area contributed by atoms with Gasteiger partial charge in [0.2, 0.25) is 0 Å². The summed E-state index contributed by atoms with van der Waals surface area (Å²) >= 11 is 0. The van der Waals surface area contributed by atoms with Crippen molar-refractivity contribution in [3.8, 4) is 0 Å². The molecule has 3 rings (SSSR count). The third-order valence-corrected chi connectivity index (χ3v) is 4.35. The lowest BCUT2D eigenvalue weighted by molar-refractivity contribution is -0.141. The van der Waals surface area contributed by atoms with Gasteiger partial charge in [-0.3, -0.25) is 9.69 Å². The van der Waals surface area contributed by atoms with E-state index in [1.165, 1.54) is 5.56 Å². The van der Waals surface area contributed by atoms with Crippen molar-refractivity contribution in [1.82, 2.24) is 4.90 Å². The van der Waals surface area contributed by atoms with E-state index in [2.05, 4.69) is 43.0 Å². The summed E-state index contributed by atoms with van der Waals surface area (Å²) in [5.74, 6) is 0.921. The SMILES string of the molecule is CC(C)[C@H]1[C@H]2CC(=O)O[C@H]2CN1Cc1ccccc1. The van der Waals surface area contributed by atoms with E-state index in [1.807, 2.05) is 6.07 Å². The number of likely N-dealkylation sites (tertiary alicyclic amines) is 1. The van der Waals surface area contributed by atoms with E-state index in [9.17, 15) is 4.79 Å². The number of carbonyl (C=O) groups excluding carboxylic acids is 1. The predicted molar refractivity (Wildman–Crippen MR) is 73.5 cm³/mol. The largest absolute Gasteiger partial charge is 0.461 e. The number of fused-ring (bicyclic) bond motifs is 1. The predicted octanol–water partition coefficient (Wildman–Crippen LogP) is 2.46. The Balaban J connectivity index is 1.77. The molecule has 102 valence electrons. The molecule has 0 saturated carbocycles. The van der Waals surface area contributed by atoms with Crippen LogP contribution in [0.3, 0.4) is 0 Å². The van der Waals surface area contributed by atoms with Crippen molar-refractivity contribution in [2.75, 3.05) is 6.54 Å². The summed E-state index contributed by atoms with van der Waals surface area (Å²) in [6, 6.07) is 11.0. The molecule has 0 bridgehead atoms. The van der Waals surface area contributed by atoms with Gasteiger partial charge in [0, 0.05) is 25.0 Å². The van der Waals surface area contributed by atoms with Crippen molar-refractivity contribution in [2.24, 2.45) is 11.8 Å². The van der Waals surface area contributed by atoms with Gasteiger partial charge in [-0.25, -0.2) is 0 Å². The standard InChI is InChI=1S/C16H21NO2/c1-11(2)16-13-8-15(18)19-14(13)10-17(16)9-12-6-4-3-5-7-12/h3-7,11,13-14,16H,8-10H2,1-2H3/t13-,14-,16-/m0/s1. The van der Waals surface area contributed by atoms with Crippen LogP contribution >= 0.6 is 0 Å². The molecule has 0 aromatic heterocycles. The van der Waals surface area contributed by atoms with E-state index in [-0.39, 0.29) is 12.1 Å². The third kappa shape index (κ3) is 2.39. The number of hydrogen-bond acceptors (Lipinski definition) is 3. The summed E-state index contributed by atoms with van der Waals surface area (Å²) in [6.07, 6.45) is 0.710. The van der Waals surface area contributed by atoms with Crippen LogP contribution < -0.4 is 0 Å². The van der Waals surface area contributed by atoms with E-state index >= 15 is 0 Å². The van der Waals surface area contributed by atoms with Crippen LogP contribution in [0.1, 0.15) is 25.8 Å². The fourth-order valence-electron chi connectivity index (χ4n) is 3.67. The minimum Gasteiger partial charge on any atom is -0.461 e. The van der Waals surface area contributed by atoms with Crippen LogP contribution in [-0.2, 0) is 16.1 Å². The highest BCUT2D eigenvalue weighted by Crippen LogP contribution is 2.39. The zero-order valence-corrected chi connectivity index (χ0v) is 11.6. The molecular formula is C16H21NO2. The number of esters is 1. The Kier molecular flexibility index (Phi) is 3.31. The van der Waals surface area contributed by atoms with Crippen LogP contribution in [0.5, 0.6) is 0 Å². The number of rotatable bonds is 3. The van der Waals surface area contributed by atoms with Gasteiger partial charge in [-0.15, -0.1) is 0 Å². The molecule has 3 heteroatoms. The minimum atomic E-state index is -0.0139. The maximum atomic E-state index is 11.4. The molecule has 1 aromatic rings. The smallest absolute Gasteiger partial charge is 0.306 e. The van der Waals surface area contributed by atoms with E-state index in [0.29, 0.717) is 24.3 Å². The normalized spacial score (nSPS) is 30.7. The van der Waals surface area contributed by atoms with Gasteiger partial charge < -0.3 is 4.74 Å². The fourth-order valence-corrected chi connectivity index (χ4v) is 3.67. The highest BCUT2D eigenvalue weighted by Gasteiger charge is 2.49. The van der Waals surface area contributed by atoms with Gasteiger partial charge in [0.1, 0.15) is 6.10 Å². The molecule has 0 aliphatic carbocycles. The Morgan fingerprint density at radius 3 is 2.74 bits per heavy atom. The van der Waals surface area contributed by atoms with Crippen molar-refractivity contribution >= 4 is 5.97 Å². The molecule has 0 amide bonds. The molecule has 2 saturated heterocycles. The fraction of sp³-hybridized carbons (Fsp3) is 0.562. The van der Waals surface area contributed by atoms with Crippen LogP contribution in [0.4, 0.5) is 0 Å². The summed E-state index contributed by atoms with van der Waals surface area (Å²) < 4.78 is 5.45. The summed E-state index contributed by atoms with van der Waals surface area (Å²) in [5.41, 5.74) is 1.33. The second kappa shape index (κ2) is 4.97. The van der Waals surface area contributed by atoms with E-state index in [0.717, 1.165) is 13.1 Å². The lowest BCUT2D eigenvalue weighted by atomic mass is 9.89. The Labute approximate surface area is 114 Å². The Morgan fingerprint density at radius 1 is 1.32 bits per heavy atom. The zero-order chi connectivity index (χ0) is 13.4. The van der Waals surface area contributed by atoms with Crippen molar-refractivity contribution < 1.29 is 9.53 Å². The van der Waals surface area contributed by atoms with Crippen LogP contribution in [0, 0.1) is 11.8 Å². The average Bonchev–Trinajstić information content (AvgIpc) is 2.85. The van der Waals surface area contributed by atoms with Gasteiger partial charge in [0.05, 0.1) is 6.42 Å². The molecule has 2 heterocycles. The van der Waals surface area contributed by atoms with Crippen molar-refractivity contribution in [2.45, 2.75) is 39.0 Å². The number of carbonyl (C=O) groups is 1. The summed E-state index contributed by atoms with van der Waals surface area (Å²) in [7, 11) is 0. The second-order valence-electron chi connectivity index (χ2n) is 6.05. The van der Waals surface area contributed by atoms with Crippen LogP contribution in [-0.4, -0.2) is 29.6 Å². The van der Waals surface area contributed by atoms with Crippen molar-refractivity contribution in [3.63, 3.8) is 0 Å². The molecule has 3 atom stereocenters. The molecule has 0 spiro atoms. The Bertz CT molecular complexity index is 457. The molecule has 19 heavy (non-hydrogen) atoms. The van der Waals surface area contributed by atoms with E-state index in [4.69, 9.17) is 4.74 Å². The topological polar surface area (TPSA) is 29.5 Å². The first kappa shape index (κ1) is 12.7. The Hall–Kier alpha value is -1.35. The first-order chi connectivity index (χ1) is 9.15. The van der Waals surface area contributed by atoms with E-state index < -0.39 is 0 Å². The molecule has 2 aliphatic heterocycles. The molecule has 0 unspecified atom stereocenters. The van der Waals surface area contributed by atoms with Gasteiger partial charge in [-0.2, -0.15) is 0 Å². The molecule has 3 nitrogen and oxygen atoms in total. The van der Waals surface area contributed by atoms with Gasteiger partial charge in [0.15, 0.2) is 0 Å². The minimum absolute atomic E-state index is 0.0139. The molecule has 2 fully saturated rings. The number of nitrogens with zero attached hydrogens (tertiary/aromatic N) is 1. The van der Waals surface area contributed by atoms with E-state index in [1.54, 1.807) is 0 Å². The maximum Gasteiger partial charge on any atom is 0.306 e. The summed E-state index contributed by atoms with van der Waals surface area (Å²) in [5, 5.41) is 0. The molecule has 0 radical (unpaired) electrons. The first-order valence-corrected chi connectivity index (χ1v) is 7.12. The average molecular weight is 259 g/mol. The number of ether oxygens (including phenoxy) is 1. The molecule has 0 N–H and O–H groups in total. The molecule has 1 aromatic carbocycles. The second-order valence-corrected chi connectivity index (χ2v) is 6.05. The number of hydrogen-bond donors (Lipinski definition) is 0. The molecule has 2 aliphatic rings.